The van der Waals surface area contributed by atoms with Crippen LogP contribution in [0.25, 0.3) is 0 Å². The Morgan fingerprint density at radius 2 is 1.95 bits per heavy atom. The minimum atomic E-state index is -4.58. The molecule has 3 aromatic rings. The number of alkyl halides is 3. The number of carbonyl (C=O) groups excluding carboxylic acids is 2. The third kappa shape index (κ3) is 5.07. The van der Waals surface area contributed by atoms with Gasteiger partial charge < -0.3 is 14.8 Å². The number of Topliss-reactive ketones (excluding diaryl/α,β-unsaturated/α-hetero) is 1. The highest BCUT2D eigenvalue weighted by atomic mass is 19.4. The summed E-state index contributed by atoms with van der Waals surface area (Å²) < 4.78 is 44.5. The topological polar surface area (TPSA) is 80.1 Å². The third-order valence-electron chi connectivity index (χ3n) is 9.37. The lowest BCUT2D eigenvalue weighted by molar-refractivity contribution is -0.138. The molecule has 2 heterocycles. The second kappa shape index (κ2) is 10.1. The molecule has 1 aliphatic heterocycles. The predicted octanol–water partition coefficient (Wildman–Crippen LogP) is 5.77. The highest BCUT2D eigenvalue weighted by Crippen LogP contribution is 2.47. The Morgan fingerprint density at radius 1 is 1.20 bits per heavy atom. The molecular formula is C31H34F3N5O2. The summed E-state index contributed by atoms with van der Waals surface area (Å²) in [7, 11) is 1.87. The van der Waals surface area contributed by atoms with Gasteiger partial charge in [0, 0.05) is 42.2 Å². The lowest BCUT2D eigenvalue weighted by atomic mass is 9.65. The minimum Gasteiger partial charge on any atom is -0.320 e. The normalized spacial score (nSPS) is 22.2. The van der Waals surface area contributed by atoms with Gasteiger partial charge in [-0.2, -0.15) is 13.2 Å². The predicted molar refractivity (Wildman–Crippen MR) is 147 cm³/mol. The fourth-order valence-electron chi connectivity index (χ4n) is 6.59. The summed E-state index contributed by atoms with van der Waals surface area (Å²) in [6, 6.07) is 10.2. The quantitative estimate of drug-likeness (QED) is 0.375. The van der Waals surface area contributed by atoms with Crippen LogP contribution in [0.4, 0.5) is 18.9 Å². The van der Waals surface area contributed by atoms with E-state index < -0.39 is 17.6 Å². The van der Waals surface area contributed by atoms with Crippen LogP contribution in [0.5, 0.6) is 0 Å². The van der Waals surface area contributed by atoms with E-state index >= 15 is 0 Å². The first-order valence-corrected chi connectivity index (χ1v) is 14.2. The Morgan fingerprint density at radius 3 is 2.56 bits per heavy atom. The van der Waals surface area contributed by atoms with Gasteiger partial charge in [0.1, 0.15) is 17.9 Å². The number of halogens is 3. The maximum atomic E-state index is 14.2. The van der Waals surface area contributed by atoms with Crippen LogP contribution in [0.15, 0.2) is 42.7 Å². The van der Waals surface area contributed by atoms with Crippen molar-refractivity contribution in [1.29, 1.82) is 0 Å². The van der Waals surface area contributed by atoms with E-state index in [0.717, 1.165) is 43.5 Å². The molecule has 10 heteroatoms. The summed E-state index contributed by atoms with van der Waals surface area (Å²) in [5.41, 5.74) is 1.18. The molecule has 7 nitrogen and oxygen atoms in total. The van der Waals surface area contributed by atoms with Gasteiger partial charge in [0.25, 0.3) is 5.91 Å². The number of aromatic nitrogens is 3. The molecule has 3 aliphatic rings. The third-order valence-corrected chi connectivity index (χ3v) is 9.37. The molecule has 216 valence electrons. The average molecular weight is 566 g/mol. The second-order valence-corrected chi connectivity index (χ2v) is 12.2. The van der Waals surface area contributed by atoms with Gasteiger partial charge in [-0.25, -0.2) is 0 Å². The number of anilines is 1. The van der Waals surface area contributed by atoms with Gasteiger partial charge in [-0.3, -0.25) is 9.59 Å². The van der Waals surface area contributed by atoms with Crippen LogP contribution in [0.3, 0.4) is 0 Å². The summed E-state index contributed by atoms with van der Waals surface area (Å²) in [4.78, 5) is 27.0. The monoisotopic (exact) mass is 565 g/mol. The first-order valence-electron chi connectivity index (χ1n) is 14.2. The van der Waals surface area contributed by atoms with Gasteiger partial charge in [0.15, 0.2) is 0 Å². The number of hydrogen-bond acceptors (Lipinski definition) is 5. The van der Waals surface area contributed by atoms with Crippen LogP contribution in [0.2, 0.25) is 0 Å². The van der Waals surface area contributed by atoms with Gasteiger partial charge >= 0.3 is 6.18 Å². The van der Waals surface area contributed by atoms with E-state index in [-0.39, 0.29) is 53.3 Å². The first-order chi connectivity index (χ1) is 19.4. The van der Waals surface area contributed by atoms with Crippen molar-refractivity contribution in [3.63, 3.8) is 0 Å². The molecule has 1 aromatic heterocycles. The van der Waals surface area contributed by atoms with Crippen LogP contribution >= 0.6 is 0 Å². The fourth-order valence-corrected chi connectivity index (χ4v) is 6.59. The summed E-state index contributed by atoms with van der Waals surface area (Å²) in [5, 5.41) is 11.8. The molecule has 0 saturated heterocycles. The van der Waals surface area contributed by atoms with Crippen molar-refractivity contribution in [2.75, 3.05) is 4.90 Å². The van der Waals surface area contributed by atoms with Crippen molar-refractivity contribution in [2.24, 2.45) is 18.9 Å². The number of carbonyl (C=O) groups is 2. The highest BCUT2D eigenvalue weighted by Gasteiger charge is 2.43. The highest BCUT2D eigenvalue weighted by molar-refractivity contribution is 6.10. The molecule has 0 bridgehead atoms. The first kappa shape index (κ1) is 27.6. The number of fused-ring (bicyclic) bond motifs is 1. The summed E-state index contributed by atoms with van der Waals surface area (Å²) in [5.74, 6) is 0.512. The van der Waals surface area contributed by atoms with Crippen molar-refractivity contribution in [3.05, 3.63) is 76.4 Å². The molecule has 0 radical (unpaired) electrons. The molecule has 1 unspecified atom stereocenters. The molecule has 1 amide bonds. The average Bonchev–Trinajstić information content (AvgIpc) is 3.45. The molecule has 2 aromatic carbocycles. The number of rotatable bonds is 8. The van der Waals surface area contributed by atoms with E-state index in [1.807, 2.05) is 29.8 Å². The number of aryl methyl sites for hydroxylation is 1. The lowest BCUT2D eigenvalue weighted by Crippen LogP contribution is -2.47. The second-order valence-electron chi connectivity index (χ2n) is 12.2. The Bertz CT molecular complexity index is 1500. The number of amides is 1. The molecule has 1 atom stereocenters. The number of nitrogens with one attached hydrogen (secondary N) is 1. The molecule has 2 saturated carbocycles. The maximum Gasteiger partial charge on any atom is 0.416 e. The molecular weight excluding hydrogens is 531 g/mol. The van der Waals surface area contributed by atoms with E-state index in [1.165, 1.54) is 11.0 Å². The maximum absolute atomic E-state index is 14.2. The summed E-state index contributed by atoms with van der Waals surface area (Å²) >= 11 is 0. The zero-order valence-corrected chi connectivity index (χ0v) is 23.5. The standard InChI is InChI=1S/C31H34F3N5O2/c1-18(40)21-12-22(13-21)27(28-37-36-17-38(28)3)20-6-4-7-23(14-20)39-16-25-24(29(39)41)10-19(11-26(25)31(32,33)34)15-35-30(2)8-5-9-30/h4,6-7,10-11,14,17,21-22,27,35H,5,8-9,12-13,15-16H2,1-3H3/t21-,22-,27?. The Balaban J connectivity index is 1.32. The van der Waals surface area contributed by atoms with E-state index in [2.05, 4.69) is 22.4 Å². The van der Waals surface area contributed by atoms with Crippen molar-refractivity contribution < 1.29 is 22.8 Å². The zero-order valence-electron chi connectivity index (χ0n) is 23.5. The summed E-state index contributed by atoms with van der Waals surface area (Å²) in [6.07, 6.45) is 1.59. The van der Waals surface area contributed by atoms with Crippen molar-refractivity contribution in [1.82, 2.24) is 20.1 Å². The molecule has 2 aliphatic carbocycles. The number of hydrogen-bond donors (Lipinski definition) is 1. The van der Waals surface area contributed by atoms with E-state index in [0.29, 0.717) is 11.3 Å². The van der Waals surface area contributed by atoms with Crippen LogP contribution in [0, 0.1) is 11.8 Å². The smallest absolute Gasteiger partial charge is 0.320 e. The van der Waals surface area contributed by atoms with Gasteiger partial charge in [-0.05, 0) is 92.8 Å². The Kier molecular flexibility index (Phi) is 6.79. The molecule has 2 fully saturated rings. The van der Waals surface area contributed by atoms with Crippen molar-refractivity contribution in [3.8, 4) is 0 Å². The summed E-state index contributed by atoms with van der Waals surface area (Å²) in [6.45, 7) is 3.81. The molecule has 6 rings (SSSR count). The molecule has 0 spiro atoms. The van der Waals surface area contributed by atoms with Gasteiger partial charge in [0.05, 0.1) is 12.1 Å². The Hall–Kier alpha value is -3.53. The number of nitrogens with zero attached hydrogens (tertiary/aromatic N) is 4. The van der Waals surface area contributed by atoms with Crippen molar-refractivity contribution >= 4 is 17.4 Å². The van der Waals surface area contributed by atoms with Gasteiger partial charge in [-0.15, -0.1) is 10.2 Å². The molecule has 41 heavy (non-hydrogen) atoms. The number of benzene rings is 2. The van der Waals surface area contributed by atoms with Crippen LogP contribution in [0.1, 0.15) is 90.3 Å². The van der Waals surface area contributed by atoms with Crippen molar-refractivity contribution in [2.45, 2.75) is 76.7 Å². The SMILES string of the molecule is CC(=O)[C@H]1C[C@H](C(c2cccc(N3Cc4c(cc(CNC5(C)CCC5)cc4C(F)(F)F)C3=O)c2)c2nncn2C)C1. The Labute approximate surface area is 237 Å². The fraction of sp³-hybridized carbons (Fsp3) is 0.484. The van der Waals surface area contributed by atoms with E-state index in [4.69, 9.17) is 0 Å². The van der Waals surface area contributed by atoms with Crippen LogP contribution < -0.4 is 10.2 Å². The zero-order chi connectivity index (χ0) is 29.1. The van der Waals surface area contributed by atoms with E-state index in [9.17, 15) is 22.8 Å². The largest absolute Gasteiger partial charge is 0.416 e. The molecule has 1 N–H and O–H groups in total. The lowest BCUT2D eigenvalue weighted by Gasteiger charge is -2.39. The number of ketones is 1. The minimum absolute atomic E-state index is 0.0136. The van der Waals surface area contributed by atoms with Gasteiger partial charge in [-0.1, -0.05) is 12.1 Å². The van der Waals surface area contributed by atoms with Gasteiger partial charge in [0.2, 0.25) is 0 Å². The van der Waals surface area contributed by atoms with Crippen LogP contribution in [-0.2, 0) is 31.1 Å². The van der Waals surface area contributed by atoms with E-state index in [1.54, 1.807) is 25.4 Å². The van der Waals surface area contributed by atoms with Crippen LogP contribution in [-0.4, -0.2) is 32.0 Å².